The normalized spacial score (nSPS) is 10.9. The molecule has 2 rings (SSSR count). The number of rotatable bonds is 3. The number of pyridine rings is 1. The molecule has 0 atom stereocenters. The van der Waals surface area contributed by atoms with E-state index < -0.39 is 0 Å². The van der Waals surface area contributed by atoms with Crippen LogP contribution in [0.5, 0.6) is 0 Å². The monoisotopic (exact) mass is 355 g/mol. The van der Waals surface area contributed by atoms with Crippen molar-refractivity contribution in [3.63, 3.8) is 0 Å². The van der Waals surface area contributed by atoms with Crippen LogP contribution in [0, 0.1) is 0 Å². The molecular formula is C14H8BrCl2NO. The molecule has 0 saturated carbocycles. The van der Waals surface area contributed by atoms with E-state index in [-0.39, 0.29) is 5.78 Å². The highest BCUT2D eigenvalue weighted by atomic mass is 79.9. The molecule has 0 saturated heterocycles. The molecule has 0 bridgehead atoms. The minimum atomic E-state index is -0.0865. The number of allylic oxidation sites excluding steroid dienone is 1. The average molecular weight is 357 g/mol. The molecule has 2 aromatic rings. The van der Waals surface area contributed by atoms with Gasteiger partial charge < -0.3 is 0 Å². The summed E-state index contributed by atoms with van der Waals surface area (Å²) in [6.07, 6.45) is 3.13. The number of aromatic nitrogens is 1. The minimum Gasteiger partial charge on any atom is -0.289 e. The van der Waals surface area contributed by atoms with Gasteiger partial charge in [0.05, 0.1) is 0 Å². The van der Waals surface area contributed by atoms with Gasteiger partial charge in [-0.05, 0) is 48.0 Å². The molecule has 0 N–H and O–H groups in total. The molecule has 0 spiro atoms. The Hall–Kier alpha value is -1.16. The van der Waals surface area contributed by atoms with E-state index >= 15 is 0 Å². The van der Waals surface area contributed by atoms with Crippen LogP contribution in [0.2, 0.25) is 10.3 Å². The van der Waals surface area contributed by atoms with Crippen LogP contribution < -0.4 is 0 Å². The number of carbonyl (C=O) groups excluding carboxylic acids is 1. The van der Waals surface area contributed by atoms with Crippen LogP contribution in [0.4, 0.5) is 0 Å². The van der Waals surface area contributed by atoms with Gasteiger partial charge in [0, 0.05) is 10.0 Å². The lowest BCUT2D eigenvalue weighted by Gasteiger charge is -1.98. The molecule has 0 fully saturated rings. The standard InChI is InChI=1S/C14H8BrCl2NO/c15-11-4-2-10(3-5-11)12(19)6-1-9-7-13(16)18-14(17)8-9/h1-8H. The first-order chi connectivity index (χ1) is 9.04. The van der Waals surface area contributed by atoms with Crippen molar-refractivity contribution < 1.29 is 4.79 Å². The smallest absolute Gasteiger partial charge is 0.185 e. The highest BCUT2D eigenvalue weighted by molar-refractivity contribution is 9.10. The first kappa shape index (κ1) is 14.3. The summed E-state index contributed by atoms with van der Waals surface area (Å²) in [6, 6.07) is 10.4. The fraction of sp³-hybridized carbons (Fsp3) is 0. The molecule has 1 aromatic carbocycles. The zero-order valence-electron chi connectivity index (χ0n) is 9.61. The van der Waals surface area contributed by atoms with Crippen LogP contribution >= 0.6 is 39.1 Å². The number of ketones is 1. The summed E-state index contributed by atoms with van der Waals surface area (Å²) >= 11 is 14.9. The molecule has 1 heterocycles. The third kappa shape index (κ3) is 4.16. The van der Waals surface area contributed by atoms with E-state index in [0.717, 1.165) is 10.0 Å². The number of benzene rings is 1. The molecule has 0 aliphatic rings. The molecule has 2 nitrogen and oxygen atoms in total. The molecule has 1 aromatic heterocycles. The second-order valence-corrected chi connectivity index (χ2v) is 5.44. The molecular weight excluding hydrogens is 349 g/mol. The van der Waals surface area contributed by atoms with Gasteiger partial charge in [-0.15, -0.1) is 0 Å². The van der Waals surface area contributed by atoms with Gasteiger partial charge >= 0.3 is 0 Å². The molecule has 0 unspecified atom stereocenters. The lowest BCUT2D eigenvalue weighted by Crippen LogP contribution is -1.93. The Bertz CT molecular complexity index is 618. The fourth-order valence-corrected chi connectivity index (χ4v) is 2.20. The highest BCUT2D eigenvalue weighted by Gasteiger charge is 2.02. The maximum Gasteiger partial charge on any atom is 0.185 e. The zero-order chi connectivity index (χ0) is 13.8. The summed E-state index contributed by atoms with van der Waals surface area (Å²) in [5.41, 5.74) is 1.35. The van der Waals surface area contributed by atoms with E-state index in [1.54, 1.807) is 30.3 Å². The maximum atomic E-state index is 11.9. The van der Waals surface area contributed by atoms with Crippen molar-refractivity contribution >= 4 is 51.0 Å². The Kier molecular flexibility index (Phi) is 4.75. The average Bonchev–Trinajstić information content (AvgIpc) is 2.36. The van der Waals surface area contributed by atoms with Gasteiger partial charge in [0.2, 0.25) is 0 Å². The number of hydrogen-bond acceptors (Lipinski definition) is 2. The highest BCUT2D eigenvalue weighted by Crippen LogP contribution is 2.16. The number of carbonyl (C=O) groups is 1. The van der Waals surface area contributed by atoms with Crippen molar-refractivity contribution in [2.75, 3.05) is 0 Å². The molecule has 96 valence electrons. The summed E-state index contributed by atoms with van der Waals surface area (Å²) in [4.78, 5) is 15.8. The third-order valence-corrected chi connectivity index (χ3v) is 3.26. The van der Waals surface area contributed by atoms with Crippen LogP contribution in [0.15, 0.2) is 46.9 Å². The lowest BCUT2D eigenvalue weighted by molar-refractivity contribution is 0.104. The minimum absolute atomic E-state index is 0.0865. The second kappa shape index (κ2) is 6.33. The summed E-state index contributed by atoms with van der Waals surface area (Å²) in [5, 5.41) is 0.589. The van der Waals surface area contributed by atoms with E-state index in [9.17, 15) is 4.79 Å². The van der Waals surface area contributed by atoms with Crippen LogP contribution in [-0.4, -0.2) is 10.8 Å². The van der Waals surface area contributed by atoms with Crippen molar-refractivity contribution in [1.82, 2.24) is 4.98 Å². The maximum absolute atomic E-state index is 11.9. The van der Waals surface area contributed by atoms with E-state index in [2.05, 4.69) is 20.9 Å². The number of nitrogens with zero attached hydrogens (tertiary/aromatic N) is 1. The van der Waals surface area contributed by atoms with Crippen LogP contribution in [-0.2, 0) is 0 Å². The van der Waals surface area contributed by atoms with Crippen LogP contribution in [0.1, 0.15) is 15.9 Å². The molecule has 0 aliphatic heterocycles. The second-order valence-electron chi connectivity index (χ2n) is 3.75. The predicted octanol–water partition coefficient (Wildman–Crippen LogP) is 5.05. The van der Waals surface area contributed by atoms with Crippen molar-refractivity contribution in [3.8, 4) is 0 Å². The Morgan fingerprint density at radius 1 is 1.11 bits per heavy atom. The Morgan fingerprint density at radius 3 is 2.26 bits per heavy atom. The molecule has 0 radical (unpaired) electrons. The summed E-state index contributed by atoms with van der Waals surface area (Å²) in [5.74, 6) is -0.0865. The van der Waals surface area contributed by atoms with Gasteiger partial charge in [0.15, 0.2) is 5.78 Å². The van der Waals surface area contributed by atoms with Gasteiger partial charge in [-0.1, -0.05) is 45.2 Å². The van der Waals surface area contributed by atoms with Gasteiger partial charge in [-0.2, -0.15) is 0 Å². The molecule has 19 heavy (non-hydrogen) atoms. The first-order valence-corrected chi connectivity index (χ1v) is 6.90. The van der Waals surface area contributed by atoms with Crippen LogP contribution in [0.25, 0.3) is 6.08 Å². The Balaban J connectivity index is 2.18. The molecule has 0 amide bonds. The Labute approximate surface area is 129 Å². The Morgan fingerprint density at radius 2 is 1.68 bits per heavy atom. The van der Waals surface area contributed by atoms with E-state index in [1.807, 2.05) is 12.1 Å². The van der Waals surface area contributed by atoms with Crippen molar-refractivity contribution in [2.24, 2.45) is 0 Å². The van der Waals surface area contributed by atoms with Crippen molar-refractivity contribution in [1.29, 1.82) is 0 Å². The summed E-state index contributed by atoms with van der Waals surface area (Å²) in [7, 11) is 0. The third-order valence-electron chi connectivity index (χ3n) is 2.34. The summed E-state index contributed by atoms with van der Waals surface area (Å²) in [6.45, 7) is 0. The van der Waals surface area contributed by atoms with E-state index in [1.165, 1.54) is 6.08 Å². The van der Waals surface area contributed by atoms with Crippen LogP contribution in [0.3, 0.4) is 0 Å². The topological polar surface area (TPSA) is 30.0 Å². The van der Waals surface area contributed by atoms with Gasteiger partial charge in [-0.25, -0.2) is 4.98 Å². The van der Waals surface area contributed by atoms with E-state index in [4.69, 9.17) is 23.2 Å². The van der Waals surface area contributed by atoms with Crippen molar-refractivity contribution in [3.05, 3.63) is 68.4 Å². The first-order valence-electron chi connectivity index (χ1n) is 5.36. The van der Waals surface area contributed by atoms with E-state index in [0.29, 0.717) is 15.9 Å². The van der Waals surface area contributed by atoms with Gasteiger partial charge in [-0.3, -0.25) is 4.79 Å². The molecule has 0 aliphatic carbocycles. The fourth-order valence-electron chi connectivity index (χ4n) is 1.46. The zero-order valence-corrected chi connectivity index (χ0v) is 12.7. The largest absolute Gasteiger partial charge is 0.289 e. The number of halogens is 3. The SMILES string of the molecule is O=C(C=Cc1cc(Cl)nc(Cl)c1)c1ccc(Br)cc1. The van der Waals surface area contributed by atoms with Gasteiger partial charge in [0.1, 0.15) is 10.3 Å². The quantitative estimate of drug-likeness (QED) is 0.437. The van der Waals surface area contributed by atoms with Gasteiger partial charge in [0.25, 0.3) is 0 Å². The van der Waals surface area contributed by atoms with Crippen molar-refractivity contribution in [2.45, 2.75) is 0 Å². The molecule has 5 heteroatoms. The summed E-state index contributed by atoms with van der Waals surface area (Å²) < 4.78 is 0.931. The lowest BCUT2D eigenvalue weighted by atomic mass is 10.1. The predicted molar refractivity (Wildman–Crippen MR) is 81.8 cm³/mol. The number of hydrogen-bond donors (Lipinski definition) is 0.